The molecule has 0 saturated carbocycles. The van der Waals surface area contributed by atoms with Gasteiger partial charge in [-0.2, -0.15) is 0 Å². The predicted molar refractivity (Wildman–Crippen MR) is 129 cm³/mol. The van der Waals surface area contributed by atoms with Gasteiger partial charge in [0.15, 0.2) is 11.6 Å². The lowest BCUT2D eigenvalue weighted by atomic mass is 9.72. The first-order valence-corrected chi connectivity index (χ1v) is 11.9. The molecule has 0 aliphatic heterocycles. The Morgan fingerprint density at radius 1 is 0.906 bits per heavy atom. The molecular formula is C27H44O5. The second-order valence-electron chi connectivity index (χ2n) is 9.96. The molecule has 0 aromatic heterocycles. The summed E-state index contributed by atoms with van der Waals surface area (Å²) in [5.74, 6) is 0.166. The molecule has 1 aromatic rings. The zero-order valence-electron chi connectivity index (χ0n) is 21.5. The molecule has 1 rings (SSSR count). The van der Waals surface area contributed by atoms with Crippen molar-refractivity contribution in [2.24, 2.45) is 5.41 Å². The summed E-state index contributed by atoms with van der Waals surface area (Å²) in [5, 5.41) is 0. The molecule has 1 unspecified atom stereocenters. The number of ether oxygens (including phenoxy) is 3. The van der Waals surface area contributed by atoms with Gasteiger partial charge in [-0.05, 0) is 59.9 Å². The van der Waals surface area contributed by atoms with Gasteiger partial charge in [0.1, 0.15) is 11.7 Å². The molecule has 182 valence electrons. The van der Waals surface area contributed by atoms with E-state index >= 15 is 0 Å². The van der Waals surface area contributed by atoms with Gasteiger partial charge in [-0.25, -0.2) is 0 Å². The molecule has 0 fully saturated rings. The second-order valence-corrected chi connectivity index (χ2v) is 9.96. The average molecular weight is 449 g/mol. The molecule has 0 amide bonds. The van der Waals surface area contributed by atoms with Gasteiger partial charge in [0, 0.05) is 19.6 Å². The Balaban J connectivity index is 2.36. The van der Waals surface area contributed by atoms with Gasteiger partial charge in [-0.1, -0.05) is 50.6 Å². The highest BCUT2D eigenvalue weighted by Crippen LogP contribution is 2.36. The number of rotatable bonds is 16. The molecule has 5 heteroatoms. The normalized spacial score (nSPS) is 13.8. The topological polar surface area (TPSA) is 61.8 Å². The lowest BCUT2D eigenvalue weighted by Crippen LogP contribution is -2.50. The molecule has 0 N–H and O–H groups in total. The first-order chi connectivity index (χ1) is 14.8. The quantitative estimate of drug-likeness (QED) is 0.293. The first-order valence-electron chi connectivity index (χ1n) is 11.9. The van der Waals surface area contributed by atoms with Crippen LogP contribution < -0.4 is 0 Å². The van der Waals surface area contributed by atoms with Crippen molar-refractivity contribution in [3.63, 3.8) is 0 Å². The molecule has 0 bridgehead atoms. The lowest BCUT2D eigenvalue weighted by molar-refractivity contribution is -0.159. The minimum Gasteiger partial charge on any atom is -0.375 e. The van der Waals surface area contributed by atoms with Crippen LogP contribution in [0.25, 0.3) is 0 Å². The molecular weight excluding hydrogens is 404 g/mol. The fourth-order valence-electron chi connectivity index (χ4n) is 3.42. The summed E-state index contributed by atoms with van der Waals surface area (Å²) in [6, 6.07) is 9.88. The maximum Gasteiger partial charge on any atom is 0.169 e. The van der Waals surface area contributed by atoms with Crippen LogP contribution in [0.1, 0.15) is 86.6 Å². The minimum absolute atomic E-state index is 0.0488. The Morgan fingerprint density at radius 3 is 2.12 bits per heavy atom. The van der Waals surface area contributed by atoms with Crippen molar-refractivity contribution in [2.75, 3.05) is 13.2 Å². The van der Waals surface area contributed by atoms with E-state index < -0.39 is 22.7 Å². The van der Waals surface area contributed by atoms with Crippen molar-refractivity contribution in [1.29, 1.82) is 0 Å². The Hall–Kier alpha value is -1.56. The van der Waals surface area contributed by atoms with Gasteiger partial charge in [0.05, 0.1) is 17.6 Å². The highest BCUT2D eigenvalue weighted by atomic mass is 16.5. The lowest BCUT2D eigenvalue weighted by Gasteiger charge is -2.41. The van der Waals surface area contributed by atoms with E-state index in [4.69, 9.17) is 14.2 Å². The van der Waals surface area contributed by atoms with Gasteiger partial charge in [0.2, 0.25) is 0 Å². The summed E-state index contributed by atoms with van der Waals surface area (Å²) in [4.78, 5) is 25.4. The number of hydrogen-bond donors (Lipinski definition) is 0. The van der Waals surface area contributed by atoms with Crippen LogP contribution >= 0.6 is 0 Å². The number of ketones is 2. The van der Waals surface area contributed by atoms with Crippen molar-refractivity contribution in [3.8, 4) is 0 Å². The van der Waals surface area contributed by atoms with Gasteiger partial charge >= 0.3 is 0 Å². The second kappa shape index (κ2) is 12.6. The third-order valence-corrected chi connectivity index (χ3v) is 6.53. The largest absolute Gasteiger partial charge is 0.375 e. The summed E-state index contributed by atoms with van der Waals surface area (Å²) in [6.07, 6.45) is 2.57. The molecule has 0 radical (unpaired) electrons. The molecule has 1 aromatic carbocycles. The van der Waals surface area contributed by atoms with Crippen LogP contribution in [0.15, 0.2) is 30.3 Å². The summed E-state index contributed by atoms with van der Waals surface area (Å²) >= 11 is 0. The molecule has 32 heavy (non-hydrogen) atoms. The predicted octanol–water partition coefficient (Wildman–Crippen LogP) is 5.93. The van der Waals surface area contributed by atoms with Crippen molar-refractivity contribution in [3.05, 3.63) is 35.9 Å². The molecule has 0 saturated heterocycles. The third kappa shape index (κ3) is 8.42. The molecule has 0 heterocycles. The SMILES string of the molecule is CCOC(C)C(=O)C(C)(C)C(C)(C)OCCCCCC(=O)C(C)(C)OCc1ccccc1. The standard InChI is InChI=1S/C27H44O5/c1-9-30-21(2)24(29)25(3,4)27(7,8)31-19-15-11-14-18-23(28)26(5,6)32-20-22-16-12-10-13-17-22/h10,12-13,16-17,21H,9,11,14-15,18-20H2,1-8H3. The molecule has 1 atom stereocenters. The number of Topliss-reactive ketones (excluding diaryl/α,β-unsaturated/α-hetero) is 2. The number of carbonyl (C=O) groups excluding carboxylic acids is 2. The Kier molecular flexibility index (Phi) is 11.2. The minimum atomic E-state index is -0.796. The van der Waals surface area contributed by atoms with Crippen LogP contribution in [-0.4, -0.2) is 42.1 Å². The summed E-state index contributed by atoms with van der Waals surface area (Å²) < 4.78 is 17.5. The maximum atomic E-state index is 12.8. The van der Waals surface area contributed by atoms with E-state index in [2.05, 4.69) is 0 Å². The maximum absolute atomic E-state index is 12.8. The third-order valence-electron chi connectivity index (χ3n) is 6.53. The van der Waals surface area contributed by atoms with Gasteiger partial charge < -0.3 is 14.2 Å². The van der Waals surface area contributed by atoms with Crippen LogP contribution in [0.3, 0.4) is 0 Å². The van der Waals surface area contributed by atoms with Crippen molar-refractivity contribution in [2.45, 2.75) is 105 Å². The average Bonchev–Trinajstić information content (AvgIpc) is 2.74. The molecule has 5 nitrogen and oxygen atoms in total. The molecule has 0 aliphatic carbocycles. The summed E-state index contributed by atoms with van der Waals surface area (Å²) in [5.41, 5.74) is -1.02. The zero-order valence-corrected chi connectivity index (χ0v) is 21.5. The highest BCUT2D eigenvalue weighted by molar-refractivity contribution is 5.89. The van der Waals surface area contributed by atoms with E-state index in [0.717, 1.165) is 24.8 Å². The zero-order chi connectivity index (χ0) is 24.4. The van der Waals surface area contributed by atoms with E-state index in [1.54, 1.807) is 6.92 Å². The van der Waals surface area contributed by atoms with Crippen molar-refractivity contribution >= 4 is 11.6 Å². The van der Waals surface area contributed by atoms with E-state index in [0.29, 0.717) is 26.2 Å². The first kappa shape index (κ1) is 28.5. The molecule has 0 spiro atoms. The fraction of sp³-hybridized carbons (Fsp3) is 0.704. The van der Waals surface area contributed by atoms with Crippen molar-refractivity contribution < 1.29 is 23.8 Å². The number of unbranched alkanes of at least 4 members (excludes halogenated alkanes) is 2. The highest BCUT2D eigenvalue weighted by Gasteiger charge is 2.45. The Morgan fingerprint density at radius 2 is 1.53 bits per heavy atom. The van der Waals surface area contributed by atoms with Gasteiger partial charge in [-0.3, -0.25) is 9.59 Å². The molecule has 0 aliphatic rings. The number of carbonyl (C=O) groups is 2. The smallest absolute Gasteiger partial charge is 0.169 e. The monoisotopic (exact) mass is 448 g/mol. The summed E-state index contributed by atoms with van der Waals surface area (Å²) in [6.45, 7) is 16.6. The van der Waals surface area contributed by atoms with E-state index in [1.165, 1.54) is 0 Å². The van der Waals surface area contributed by atoms with E-state index in [-0.39, 0.29) is 11.6 Å². The van der Waals surface area contributed by atoms with Crippen LogP contribution in [0, 0.1) is 5.41 Å². The fourth-order valence-corrected chi connectivity index (χ4v) is 3.42. The Labute approximate surface area is 195 Å². The van der Waals surface area contributed by atoms with E-state index in [1.807, 2.05) is 78.8 Å². The van der Waals surface area contributed by atoms with Crippen molar-refractivity contribution in [1.82, 2.24) is 0 Å². The van der Waals surface area contributed by atoms with Crippen LogP contribution in [0.4, 0.5) is 0 Å². The van der Waals surface area contributed by atoms with Crippen LogP contribution in [-0.2, 0) is 30.4 Å². The van der Waals surface area contributed by atoms with E-state index in [9.17, 15) is 9.59 Å². The Bertz CT molecular complexity index is 706. The number of hydrogen-bond acceptors (Lipinski definition) is 5. The van der Waals surface area contributed by atoms with Gasteiger partial charge in [-0.15, -0.1) is 0 Å². The van der Waals surface area contributed by atoms with Crippen LogP contribution in [0.2, 0.25) is 0 Å². The summed E-state index contributed by atoms with van der Waals surface area (Å²) in [7, 11) is 0. The van der Waals surface area contributed by atoms with Gasteiger partial charge in [0.25, 0.3) is 0 Å². The van der Waals surface area contributed by atoms with Crippen LogP contribution in [0.5, 0.6) is 0 Å². The number of benzene rings is 1.